The monoisotopic (exact) mass is 394 g/mol. The van der Waals surface area contributed by atoms with Gasteiger partial charge in [-0.1, -0.05) is 37.5 Å². The van der Waals surface area contributed by atoms with Crippen molar-refractivity contribution in [3.05, 3.63) is 23.3 Å². The Kier molecular flexibility index (Phi) is 4.10. The maximum absolute atomic E-state index is 13.4. The van der Waals surface area contributed by atoms with E-state index in [-0.39, 0.29) is 11.5 Å². The maximum Gasteiger partial charge on any atom is 0.159 e. The third-order valence-electron chi connectivity index (χ3n) is 11.0. The summed E-state index contributed by atoms with van der Waals surface area (Å²) >= 11 is 0. The lowest BCUT2D eigenvalue weighted by Crippen LogP contribution is -2.51. The molecule has 2 heteroatoms. The summed E-state index contributed by atoms with van der Waals surface area (Å²) in [5.41, 5.74) is 3.59. The standard InChI is InChI=1S/C27H38O2/c1-26-11-9-18(28)14-17(26)7-8-20-22(26)10-12-27(2)23(20)15-21-19-6-4-3-5-16(19)13-24(29)25(21)27/h7,13,18-23,25,28H,3-6,8-12,14-15H2,1-2H3/t18-,19+,20-,21-,22+,23+,25-,26+,27+/m1/s1. The zero-order valence-corrected chi connectivity index (χ0v) is 18.3. The minimum Gasteiger partial charge on any atom is -0.393 e. The molecule has 2 nitrogen and oxygen atoms in total. The highest BCUT2D eigenvalue weighted by atomic mass is 16.3. The molecule has 4 fully saturated rings. The molecule has 0 aromatic rings. The van der Waals surface area contributed by atoms with Crippen LogP contribution >= 0.6 is 0 Å². The van der Waals surface area contributed by atoms with Crippen LogP contribution in [0.4, 0.5) is 0 Å². The number of rotatable bonds is 0. The zero-order valence-electron chi connectivity index (χ0n) is 18.3. The van der Waals surface area contributed by atoms with Gasteiger partial charge >= 0.3 is 0 Å². The van der Waals surface area contributed by atoms with Crippen molar-refractivity contribution in [2.45, 2.75) is 90.6 Å². The molecule has 0 bridgehead atoms. The summed E-state index contributed by atoms with van der Waals surface area (Å²) in [6.45, 7) is 5.02. The van der Waals surface area contributed by atoms with Gasteiger partial charge in [0.15, 0.2) is 5.78 Å². The normalized spacial score (nSPS) is 53.6. The van der Waals surface area contributed by atoms with E-state index in [1.54, 1.807) is 5.57 Å². The molecule has 1 N–H and O–H groups in total. The van der Waals surface area contributed by atoms with Gasteiger partial charge in [-0.3, -0.25) is 4.79 Å². The van der Waals surface area contributed by atoms with Crippen molar-refractivity contribution in [3.8, 4) is 0 Å². The third kappa shape index (κ3) is 2.47. The Hall–Kier alpha value is -0.890. The Morgan fingerprint density at radius 2 is 1.90 bits per heavy atom. The van der Waals surface area contributed by atoms with Crippen molar-refractivity contribution in [3.63, 3.8) is 0 Å². The van der Waals surface area contributed by atoms with Gasteiger partial charge in [-0.15, -0.1) is 0 Å². The van der Waals surface area contributed by atoms with E-state index < -0.39 is 0 Å². The molecular formula is C27H38O2. The minimum atomic E-state index is -0.123. The molecule has 0 spiro atoms. The molecule has 6 aliphatic carbocycles. The Balaban J connectivity index is 1.36. The average Bonchev–Trinajstić information content (AvgIpc) is 3.03. The summed E-state index contributed by atoms with van der Waals surface area (Å²) in [6.07, 6.45) is 17.8. The lowest BCUT2D eigenvalue weighted by Gasteiger charge is -2.58. The molecule has 29 heavy (non-hydrogen) atoms. The molecular weight excluding hydrogens is 356 g/mol. The summed E-state index contributed by atoms with van der Waals surface area (Å²) in [5, 5.41) is 10.2. The fourth-order valence-corrected chi connectivity index (χ4v) is 9.68. The number of allylic oxidation sites excluding steroid dienone is 3. The van der Waals surface area contributed by atoms with Gasteiger partial charge in [-0.05, 0) is 111 Å². The number of ketones is 1. The number of hydrogen-bond acceptors (Lipinski definition) is 2. The van der Waals surface area contributed by atoms with Gasteiger partial charge in [0.1, 0.15) is 0 Å². The Morgan fingerprint density at radius 1 is 1.03 bits per heavy atom. The molecule has 4 saturated carbocycles. The van der Waals surface area contributed by atoms with Crippen molar-refractivity contribution >= 4 is 5.78 Å². The fourth-order valence-electron chi connectivity index (χ4n) is 9.68. The Morgan fingerprint density at radius 3 is 2.76 bits per heavy atom. The molecule has 0 radical (unpaired) electrons. The predicted molar refractivity (Wildman–Crippen MR) is 115 cm³/mol. The molecule has 6 rings (SSSR count). The second-order valence-electron chi connectivity index (χ2n) is 12.1. The molecule has 0 amide bonds. The van der Waals surface area contributed by atoms with Crippen LogP contribution in [0.15, 0.2) is 23.3 Å². The zero-order chi connectivity index (χ0) is 20.0. The SMILES string of the molecule is C[C@]12CC[C@H]3[C@@H](CC=C4C[C@H](O)CC[C@@]43C)[C@@H]1C[C@@H]1[C@H]3CCCCC3=CC(=O)[C@@H]12. The van der Waals surface area contributed by atoms with Gasteiger partial charge in [0.25, 0.3) is 0 Å². The van der Waals surface area contributed by atoms with Crippen molar-refractivity contribution in [2.75, 3.05) is 0 Å². The molecule has 0 aliphatic heterocycles. The molecule has 158 valence electrons. The number of carbonyl (C=O) groups is 1. The number of fused-ring (bicyclic) bond motifs is 9. The first-order valence-electron chi connectivity index (χ1n) is 12.5. The number of hydrogen-bond donors (Lipinski definition) is 1. The van der Waals surface area contributed by atoms with Gasteiger partial charge in [0, 0.05) is 5.92 Å². The highest BCUT2D eigenvalue weighted by Crippen LogP contribution is 2.69. The van der Waals surface area contributed by atoms with Gasteiger partial charge < -0.3 is 5.11 Å². The van der Waals surface area contributed by atoms with Crippen molar-refractivity contribution in [1.82, 2.24) is 0 Å². The van der Waals surface area contributed by atoms with Crippen LogP contribution in [-0.2, 0) is 4.79 Å². The molecule has 0 aromatic heterocycles. The highest BCUT2D eigenvalue weighted by molar-refractivity contribution is 5.94. The van der Waals surface area contributed by atoms with E-state index in [4.69, 9.17) is 0 Å². The summed E-state index contributed by atoms with van der Waals surface area (Å²) in [4.78, 5) is 13.4. The van der Waals surface area contributed by atoms with Crippen LogP contribution in [0.2, 0.25) is 0 Å². The van der Waals surface area contributed by atoms with Crippen LogP contribution in [0.5, 0.6) is 0 Å². The average molecular weight is 395 g/mol. The quantitative estimate of drug-likeness (QED) is 0.523. The van der Waals surface area contributed by atoms with Gasteiger partial charge in [0.2, 0.25) is 0 Å². The van der Waals surface area contributed by atoms with Crippen molar-refractivity contribution < 1.29 is 9.90 Å². The van der Waals surface area contributed by atoms with E-state index in [1.807, 2.05) is 0 Å². The van der Waals surface area contributed by atoms with Crippen LogP contribution in [-0.4, -0.2) is 17.0 Å². The summed E-state index contributed by atoms with van der Waals surface area (Å²) in [5.74, 6) is 4.37. The van der Waals surface area contributed by atoms with Crippen LogP contribution in [0.3, 0.4) is 0 Å². The lowest BCUT2D eigenvalue weighted by atomic mass is 9.47. The summed E-state index contributed by atoms with van der Waals surface area (Å²) in [7, 11) is 0. The lowest BCUT2D eigenvalue weighted by molar-refractivity contribution is -0.128. The van der Waals surface area contributed by atoms with Crippen LogP contribution in [0, 0.1) is 46.3 Å². The second kappa shape index (κ2) is 6.31. The van der Waals surface area contributed by atoms with E-state index in [1.165, 1.54) is 56.9 Å². The molecule has 0 aromatic carbocycles. The van der Waals surface area contributed by atoms with Crippen LogP contribution < -0.4 is 0 Å². The predicted octanol–water partition coefficient (Wildman–Crippen LogP) is 5.85. The molecule has 0 unspecified atom stereocenters. The molecule has 9 atom stereocenters. The van der Waals surface area contributed by atoms with E-state index in [0.29, 0.717) is 29.0 Å². The van der Waals surface area contributed by atoms with E-state index in [2.05, 4.69) is 26.0 Å². The van der Waals surface area contributed by atoms with Crippen molar-refractivity contribution in [1.29, 1.82) is 0 Å². The third-order valence-corrected chi connectivity index (χ3v) is 11.0. The fraction of sp³-hybridized carbons (Fsp3) is 0.815. The van der Waals surface area contributed by atoms with E-state index >= 15 is 0 Å². The topological polar surface area (TPSA) is 37.3 Å². The van der Waals surface area contributed by atoms with Crippen LogP contribution in [0.1, 0.15) is 84.5 Å². The van der Waals surface area contributed by atoms with E-state index in [9.17, 15) is 9.90 Å². The largest absolute Gasteiger partial charge is 0.393 e. The Bertz CT molecular complexity index is 792. The van der Waals surface area contributed by atoms with Crippen LogP contribution in [0.25, 0.3) is 0 Å². The van der Waals surface area contributed by atoms with E-state index in [0.717, 1.165) is 37.0 Å². The molecule has 0 heterocycles. The summed E-state index contributed by atoms with van der Waals surface area (Å²) < 4.78 is 0. The minimum absolute atomic E-state index is 0.123. The summed E-state index contributed by atoms with van der Waals surface area (Å²) in [6, 6.07) is 0. The first-order chi connectivity index (χ1) is 13.9. The Labute approximate surface area is 176 Å². The van der Waals surface area contributed by atoms with Gasteiger partial charge in [0.05, 0.1) is 6.10 Å². The number of carbonyl (C=O) groups excluding carboxylic acids is 1. The highest BCUT2D eigenvalue weighted by Gasteiger charge is 2.64. The van der Waals surface area contributed by atoms with Crippen molar-refractivity contribution in [2.24, 2.45) is 46.3 Å². The second-order valence-corrected chi connectivity index (χ2v) is 12.1. The smallest absolute Gasteiger partial charge is 0.159 e. The molecule has 0 saturated heterocycles. The number of aliphatic hydroxyl groups is 1. The maximum atomic E-state index is 13.4. The first kappa shape index (κ1) is 18.8. The first-order valence-corrected chi connectivity index (χ1v) is 12.5. The molecule has 6 aliphatic rings. The van der Waals surface area contributed by atoms with Gasteiger partial charge in [-0.2, -0.15) is 0 Å². The van der Waals surface area contributed by atoms with Gasteiger partial charge in [-0.25, -0.2) is 0 Å². The number of aliphatic hydroxyl groups excluding tert-OH is 1.